The first-order valence-electron chi connectivity index (χ1n) is 5.98. The highest BCUT2D eigenvalue weighted by molar-refractivity contribution is 9.09. The van der Waals surface area contributed by atoms with Crippen molar-refractivity contribution in [1.82, 2.24) is 0 Å². The van der Waals surface area contributed by atoms with Crippen LogP contribution in [0.15, 0.2) is 24.3 Å². The molecule has 1 fully saturated rings. The van der Waals surface area contributed by atoms with Crippen molar-refractivity contribution in [2.24, 2.45) is 0 Å². The van der Waals surface area contributed by atoms with Crippen molar-refractivity contribution in [3.05, 3.63) is 24.3 Å². The first kappa shape index (κ1) is 13.4. The SMILES string of the molecule is O=C(CBr)Nc1cccc(OC[C@H]2CCCO2)c1. The molecule has 0 radical (unpaired) electrons. The van der Waals surface area contributed by atoms with Crippen LogP contribution in [0.1, 0.15) is 12.8 Å². The van der Waals surface area contributed by atoms with E-state index >= 15 is 0 Å². The molecule has 1 heterocycles. The van der Waals surface area contributed by atoms with E-state index in [4.69, 9.17) is 9.47 Å². The van der Waals surface area contributed by atoms with Gasteiger partial charge in [-0.3, -0.25) is 4.79 Å². The van der Waals surface area contributed by atoms with Gasteiger partial charge in [-0.2, -0.15) is 0 Å². The topological polar surface area (TPSA) is 47.6 Å². The molecule has 1 aromatic rings. The summed E-state index contributed by atoms with van der Waals surface area (Å²) < 4.78 is 11.1. The van der Waals surface area contributed by atoms with Crippen LogP contribution >= 0.6 is 15.9 Å². The maximum absolute atomic E-state index is 11.2. The molecule has 0 aromatic heterocycles. The fourth-order valence-electron chi connectivity index (χ4n) is 1.82. The molecule has 0 saturated carbocycles. The number of rotatable bonds is 5. The molecule has 18 heavy (non-hydrogen) atoms. The quantitative estimate of drug-likeness (QED) is 0.850. The maximum atomic E-state index is 11.2. The molecule has 1 aliphatic rings. The zero-order chi connectivity index (χ0) is 12.8. The highest BCUT2D eigenvalue weighted by atomic mass is 79.9. The molecule has 0 bridgehead atoms. The average Bonchev–Trinajstić information content (AvgIpc) is 2.90. The molecule has 4 nitrogen and oxygen atoms in total. The Morgan fingerprint density at radius 3 is 3.17 bits per heavy atom. The first-order chi connectivity index (χ1) is 8.78. The van der Waals surface area contributed by atoms with Gasteiger partial charge in [-0.25, -0.2) is 0 Å². The number of hydrogen-bond donors (Lipinski definition) is 1. The molecule has 98 valence electrons. The lowest BCUT2D eigenvalue weighted by Crippen LogP contribution is -2.16. The van der Waals surface area contributed by atoms with E-state index in [9.17, 15) is 4.79 Å². The summed E-state index contributed by atoms with van der Waals surface area (Å²) in [4.78, 5) is 11.2. The Kier molecular flexibility index (Phi) is 5.01. The van der Waals surface area contributed by atoms with E-state index in [1.807, 2.05) is 24.3 Å². The monoisotopic (exact) mass is 313 g/mol. The van der Waals surface area contributed by atoms with Crippen molar-refractivity contribution in [2.75, 3.05) is 23.9 Å². The number of alkyl halides is 1. The first-order valence-corrected chi connectivity index (χ1v) is 7.10. The molecule has 1 N–H and O–H groups in total. The van der Waals surface area contributed by atoms with Crippen LogP contribution in [-0.2, 0) is 9.53 Å². The molecule has 0 aliphatic carbocycles. The summed E-state index contributed by atoms with van der Waals surface area (Å²) in [5.74, 6) is 0.671. The molecule has 5 heteroatoms. The number of amides is 1. The van der Waals surface area contributed by atoms with E-state index in [1.165, 1.54) is 0 Å². The van der Waals surface area contributed by atoms with E-state index in [0.29, 0.717) is 6.61 Å². The van der Waals surface area contributed by atoms with Crippen LogP contribution < -0.4 is 10.1 Å². The second kappa shape index (κ2) is 6.75. The molecule has 0 spiro atoms. The van der Waals surface area contributed by atoms with Crippen molar-refractivity contribution in [3.63, 3.8) is 0 Å². The lowest BCUT2D eigenvalue weighted by Gasteiger charge is -2.12. The third-order valence-electron chi connectivity index (χ3n) is 2.70. The van der Waals surface area contributed by atoms with Crippen LogP contribution in [0.25, 0.3) is 0 Å². The summed E-state index contributed by atoms with van der Waals surface area (Å²) in [6.45, 7) is 1.39. The van der Waals surface area contributed by atoms with Gasteiger partial charge in [0, 0.05) is 18.4 Å². The van der Waals surface area contributed by atoms with Crippen LogP contribution in [0.2, 0.25) is 0 Å². The summed E-state index contributed by atoms with van der Waals surface area (Å²) in [5, 5.41) is 3.05. The number of hydrogen-bond acceptors (Lipinski definition) is 3. The molecular formula is C13H16BrNO3. The second-order valence-corrected chi connectivity index (χ2v) is 4.72. The molecule has 1 atom stereocenters. The lowest BCUT2D eigenvalue weighted by molar-refractivity contribution is -0.113. The Morgan fingerprint density at radius 2 is 2.44 bits per heavy atom. The zero-order valence-electron chi connectivity index (χ0n) is 10.0. The van der Waals surface area contributed by atoms with Crippen LogP contribution in [-0.4, -0.2) is 30.6 Å². The fraction of sp³-hybridized carbons (Fsp3) is 0.462. The molecular weight excluding hydrogens is 298 g/mol. The zero-order valence-corrected chi connectivity index (χ0v) is 11.6. The average molecular weight is 314 g/mol. The normalized spacial score (nSPS) is 18.6. The van der Waals surface area contributed by atoms with Gasteiger partial charge in [0.2, 0.25) is 5.91 Å². The number of ether oxygens (including phenoxy) is 2. The molecule has 1 aromatic carbocycles. The number of halogens is 1. The Labute approximate surface area is 115 Å². The van der Waals surface area contributed by atoms with Gasteiger partial charge < -0.3 is 14.8 Å². The summed E-state index contributed by atoms with van der Waals surface area (Å²) in [7, 11) is 0. The predicted molar refractivity (Wildman–Crippen MR) is 73.3 cm³/mol. The van der Waals surface area contributed by atoms with E-state index in [0.717, 1.165) is 30.9 Å². The summed E-state index contributed by atoms with van der Waals surface area (Å²) in [6.07, 6.45) is 2.36. The van der Waals surface area contributed by atoms with E-state index < -0.39 is 0 Å². The second-order valence-electron chi connectivity index (χ2n) is 4.16. The minimum absolute atomic E-state index is 0.0775. The summed E-state index contributed by atoms with van der Waals surface area (Å²) >= 11 is 3.11. The highest BCUT2D eigenvalue weighted by Crippen LogP contribution is 2.19. The van der Waals surface area contributed by atoms with Gasteiger partial charge in [0.05, 0.1) is 11.4 Å². The smallest absolute Gasteiger partial charge is 0.235 e. The van der Waals surface area contributed by atoms with Crippen LogP contribution in [0.3, 0.4) is 0 Å². The number of nitrogens with one attached hydrogen (secondary N) is 1. The Bertz CT molecular complexity index is 405. The van der Waals surface area contributed by atoms with Gasteiger partial charge in [-0.05, 0) is 25.0 Å². The van der Waals surface area contributed by atoms with Gasteiger partial charge in [-0.15, -0.1) is 0 Å². The molecule has 2 rings (SSSR count). The number of anilines is 1. The fourth-order valence-corrected chi connectivity index (χ4v) is 1.96. The van der Waals surface area contributed by atoms with Gasteiger partial charge in [0.15, 0.2) is 0 Å². The van der Waals surface area contributed by atoms with Crippen LogP contribution in [0, 0.1) is 0 Å². The van der Waals surface area contributed by atoms with Crippen molar-refractivity contribution in [2.45, 2.75) is 18.9 Å². The van der Waals surface area contributed by atoms with Gasteiger partial charge >= 0.3 is 0 Å². The Hall–Kier alpha value is -1.07. The summed E-state index contributed by atoms with van der Waals surface area (Å²) in [6, 6.07) is 7.38. The predicted octanol–water partition coefficient (Wildman–Crippen LogP) is 2.58. The van der Waals surface area contributed by atoms with Crippen molar-refractivity contribution >= 4 is 27.5 Å². The van der Waals surface area contributed by atoms with Crippen molar-refractivity contribution in [3.8, 4) is 5.75 Å². The number of carbonyl (C=O) groups excluding carboxylic acids is 1. The molecule has 1 amide bonds. The van der Waals surface area contributed by atoms with Gasteiger partial charge in [-0.1, -0.05) is 22.0 Å². The number of carbonyl (C=O) groups is 1. The number of benzene rings is 1. The third-order valence-corrected chi connectivity index (χ3v) is 3.21. The molecule has 1 saturated heterocycles. The van der Waals surface area contributed by atoms with Crippen molar-refractivity contribution < 1.29 is 14.3 Å². The molecule has 1 aliphatic heterocycles. The largest absolute Gasteiger partial charge is 0.491 e. The van der Waals surface area contributed by atoms with E-state index in [1.54, 1.807) is 0 Å². The highest BCUT2D eigenvalue weighted by Gasteiger charge is 2.15. The lowest BCUT2D eigenvalue weighted by atomic mass is 10.2. The van der Waals surface area contributed by atoms with E-state index in [2.05, 4.69) is 21.2 Å². The van der Waals surface area contributed by atoms with Crippen LogP contribution in [0.4, 0.5) is 5.69 Å². The van der Waals surface area contributed by atoms with Crippen LogP contribution in [0.5, 0.6) is 5.75 Å². The van der Waals surface area contributed by atoms with Gasteiger partial charge in [0.1, 0.15) is 12.4 Å². The Morgan fingerprint density at radius 1 is 1.56 bits per heavy atom. The maximum Gasteiger partial charge on any atom is 0.235 e. The standard InChI is InChI=1S/C13H16BrNO3/c14-8-13(16)15-10-3-1-4-11(7-10)18-9-12-5-2-6-17-12/h1,3-4,7,12H,2,5-6,8-9H2,(H,15,16)/t12-/m1/s1. The van der Waals surface area contributed by atoms with Gasteiger partial charge in [0.25, 0.3) is 0 Å². The van der Waals surface area contributed by atoms with Crippen molar-refractivity contribution in [1.29, 1.82) is 0 Å². The Balaban J connectivity index is 1.87. The summed E-state index contributed by atoms with van der Waals surface area (Å²) in [5.41, 5.74) is 0.740. The minimum atomic E-state index is -0.0775. The van der Waals surface area contributed by atoms with E-state index in [-0.39, 0.29) is 17.3 Å². The molecule has 0 unspecified atom stereocenters. The third kappa shape index (κ3) is 3.99. The minimum Gasteiger partial charge on any atom is -0.491 e.